The summed E-state index contributed by atoms with van der Waals surface area (Å²) in [6.07, 6.45) is 1.56. The molecule has 0 radical (unpaired) electrons. The molecule has 8 heteroatoms. The van der Waals surface area contributed by atoms with Gasteiger partial charge < -0.3 is 14.8 Å². The number of amides is 4. The number of hydrogen-bond acceptors (Lipinski definition) is 4. The molecular weight excluding hydrogens is 466 g/mol. The van der Waals surface area contributed by atoms with Gasteiger partial charge in [0.05, 0.1) is 6.07 Å². The minimum absolute atomic E-state index is 0.0859. The van der Waals surface area contributed by atoms with Crippen molar-refractivity contribution in [1.82, 2.24) is 14.8 Å². The second-order valence-electron chi connectivity index (χ2n) is 8.89. The fourth-order valence-electron chi connectivity index (χ4n) is 4.92. The van der Waals surface area contributed by atoms with Crippen LogP contribution < -0.4 is 10.6 Å². The van der Waals surface area contributed by atoms with Crippen LogP contribution in [0.5, 0.6) is 0 Å². The van der Waals surface area contributed by atoms with Gasteiger partial charge >= 0.3 is 6.03 Å². The molecule has 0 aliphatic carbocycles. The molecule has 0 unspecified atom stereocenters. The van der Waals surface area contributed by atoms with Gasteiger partial charge in [0.15, 0.2) is 0 Å². The highest BCUT2D eigenvalue weighted by molar-refractivity contribution is 6.10. The zero-order valence-corrected chi connectivity index (χ0v) is 20.3. The van der Waals surface area contributed by atoms with E-state index in [0.717, 1.165) is 28.4 Å². The van der Waals surface area contributed by atoms with Crippen LogP contribution in [-0.4, -0.2) is 39.9 Å². The molecule has 1 fully saturated rings. The van der Waals surface area contributed by atoms with Crippen LogP contribution in [0.25, 0.3) is 21.8 Å². The van der Waals surface area contributed by atoms with Gasteiger partial charge in [-0.2, -0.15) is 5.26 Å². The van der Waals surface area contributed by atoms with Gasteiger partial charge in [0.2, 0.25) is 5.91 Å². The lowest BCUT2D eigenvalue weighted by Gasteiger charge is -2.23. The van der Waals surface area contributed by atoms with E-state index in [4.69, 9.17) is 5.26 Å². The molecule has 2 N–H and O–H groups in total. The number of nitriles is 1. The Hall–Kier alpha value is -4.90. The van der Waals surface area contributed by atoms with E-state index in [1.165, 1.54) is 11.0 Å². The van der Waals surface area contributed by atoms with Crippen molar-refractivity contribution in [2.45, 2.75) is 25.9 Å². The van der Waals surface area contributed by atoms with E-state index in [2.05, 4.69) is 34.3 Å². The van der Waals surface area contributed by atoms with Crippen LogP contribution in [0.4, 0.5) is 10.5 Å². The standard InChI is InChI=1S/C29H25N5O3/c1-2-33-24-11-7-6-10-22(24)23-17-21(12-13-25(23)33)31-28(36)26-16-19(14-15-30)18-34(26)29(37)32-27(35)20-8-4-3-5-9-20/h3-14,17,26H,2,16,18H2,1H3,(H,31,36)(H,32,35,37)/b19-14+/t26-/m0/s1. The molecule has 0 saturated carbocycles. The Morgan fingerprint density at radius 2 is 1.73 bits per heavy atom. The van der Waals surface area contributed by atoms with E-state index in [1.54, 1.807) is 30.3 Å². The molecule has 1 atom stereocenters. The number of imide groups is 1. The third-order valence-electron chi connectivity index (χ3n) is 6.65. The number of anilines is 1. The lowest BCUT2D eigenvalue weighted by Crippen LogP contribution is -2.49. The predicted molar refractivity (Wildman–Crippen MR) is 142 cm³/mol. The average molecular weight is 492 g/mol. The SMILES string of the molecule is CCn1c2ccccc2c2cc(NC(=O)[C@@H]3C/C(=C\C#N)CN3C(=O)NC(=O)c3ccccc3)ccc21. The maximum Gasteiger partial charge on any atom is 0.325 e. The highest BCUT2D eigenvalue weighted by Gasteiger charge is 2.37. The van der Waals surface area contributed by atoms with Crippen LogP contribution in [0.2, 0.25) is 0 Å². The molecule has 0 bridgehead atoms. The molecule has 1 aliphatic heterocycles. The Kier molecular flexibility index (Phi) is 6.43. The van der Waals surface area contributed by atoms with Crippen LogP contribution in [0.1, 0.15) is 23.7 Å². The summed E-state index contributed by atoms with van der Waals surface area (Å²) < 4.78 is 2.22. The molecule has 4 amide bonds. The van der Waals surface area contributed by atoms with E-state index in [1.807, 2.05) is 36.4 Å². The van der Waals surface area contributed by atoms with Gasteiger partial charge in [-0.1, -0.05) is 36.4 Å². The maximum absolute atomic E-state index is 13.4. The maximum atomic E-state index is 13.4. The molecule has 3 aromatic carbocycles. The molecule has 5 rings (SSSR count). The van der Waals surface area contributed by atoms with Crippen molar-refractivity contribution in [1.29, 1.82) is 5.26 Å². The van der Waals surface area contributed by atoms with Crippen LogP contribution in [0.15, 0.2) is 84.4 Å². The summed E-state index contributed by atoms with van der Waals surface area (Å²) >= 11 is 0. The van der Waals surface area contributed by atoms with Gasteiger partial charge in [0.25, 0.3) is 5.91 Å². The highest BCUT2D eigenvalue weighted by Crippen LogP contribution is 2.31. The van der Waals surface area contributed by atoms with Crippen molar-refractivity contribution >= 4 is 45.3 Å². The number of carbonyl (C=O) groups is 3. The van der Waals surface area contributed by atoms with E-state index in [9.17, 15) is 14.4 Å². The van der Waals surface area contributed by atoms with Gasteiger partial charge in [0, 0.05) is 58.6 Å². The summed E-state index contributed by atoms with van der Waals surface area (Å²) in [5, 5.41) is 16.5. The number of aryl methyl sites for hydroxylation is 1. The first-order valence-electron chi connectivity index (χ1n) is 12.1. The number of nitrogens with zero attached hydrogens (tertiary/aromatic N) is 3. The van der Waals surface area contributed by atoms with Crippen LogP contribution in [0, 0.1) is 11.3 Å². The summed E-state index contributed by atoms with van der Waals surface area (Å²) in [4.78, 5) is 40.2. The zero-order chi connectivity index (χ0) is 25.9. The van der Waals surface area contributed by atoms with E-state index < -0.39 is 18.0 Å². The van der Waals surface area contributed by atoms with E-state index in [-0.39, 0.29) is 18.9 Å². The first-order valence-corrected chi connectivity index (χ1v) is 12.1. The van der Waals surface area contributed by atoms with Crippen LogP contribution >= 0.6 is 0 Å². The highest BCUT2D eigenvalue weighted by atomic mass is 16.2. The van der Waals surface area contributed by atoms with Gasteiger partial charge in [-0.15, -0.1) is 0 Å². The van der Waals surface area contributed by atoms with Crippen molar-refractivity contribution in [3.05, 3.63) is 90.0 Å². The Morgan fingerprint density at radius 1 is 1.00 bits per heavy atom. The first-order chi connectivity index (χ1) is 18.0. The lowest BCUT2D eigenvalue weighted by atomic mass is 10.1. The monoisotopic (exact) mass is 491 g/mol. The van der Waals surface area contributed by atoms with Crippen molar-refractivity contribution in [3.63, 3.8) is 0 Å². The molecule has 37 heavy (non-hydrogen) atoms. The second kappa shape index (κ2) is 9.99. The number of aromatic nitrogens is 1. The molecule has 8 nitrogen and oxygen atoms in total. The fraction of sp³-hybridized carbons (Fsp3) is 0.172. The minimum atomic E-state index is -0.865. The third-order valence-corrected chi connectivity index (χ3v) is 6.65. The number of benzene rings is 3. The Bertz CT molecular complexity index is 1600. The number of fused-ring (bicyclic) bond motifs is 3. The number of allylic oxidation sites excluding steroid dienone is 1. The summed E-state index contributed by atoms with van der Waals surface area (Å²) in [6, 6.07) is 22.7. The average Bonchev–Trinajstić information content (AvgIpc) is 3.48. The molecule has 1 saturated heterocycles. The molecule has 184 valence electrons. The topological polar surface area (TPSA) is 107 Å². The van der Waals surface area contributed by atoms with Crippen molar-refractivity contribution in [2.75, 3.05) is 11.9 Å². The fourth-order valence-corrected chi connectivity index (χ4v) is 4.92. The normalized spacial score (nSPS) is 16.2. The smallest absolute Gasteiger partial charge is 0.325 e. The molecule has 1 aromatic heterocycles. The Labute approximate surface area is 213 Å². The number of urea groups is 1. The minimum Gasteiger partial charge on any atom is -0.341 e. The number of carbonyl (C=O) groups excluding carboxylic acids is 3. The van der Waals surface area contributed by atoms with E-state index >= 15 is 0 Å². The molecular formula is C29H25N5O3. The lowest BCUT2D eigenvalue weighted by molar-refractivity contribution is -0.119. The number of para-hydroxylation sites is 1. The van der Waals surface area contributed by atoms with Gasteiger partial charge in [0.1, 0.15) is 6.04 Å². The van der Waals surface area contributed by atoms with Crippen molar-refractivity contribution in [3.8, 4) is 6.07 Å². The summed E-state index contributed by atoms with van der Waals surface area (Å²) in [5.41, 5.74) is 3.78. The van der Waals surface area contributed by atoms with Gasteiger partial charge in [-0.05, 0) is 48.9 Å². The molecule has 1 aliphatic rings. The van der Waals surface area contributed by atoms with Gasteiger partial charge in [-0.25, -0.2) is 4.79 Å². The van der Waals surface area contributed by atoms with Crippen molar-refractivity contribution < 1.29 is 14.4 Å². The zero-order valence-electron chi connectivity index (χ0n) is 20.3. The Balaban J connectivity index is 1.39. The van der Waals surface area contributed by atoms with Crippen molar-refractivity contribution in [2.24, 2.45) is 0 Å². The molecule has 0 spiro atoms. The largest absolute Gasteiger partial charge is 0.341 e. The predicted octanol–water partition coefficient (Wildman–Crippen LogP) is 4.83. The molecule has 4 aromatic rings. The summed E-state index contributed by atoms with van der Waals surface area (Å²) in [6.45, 7) is 3.00. The number of hydrogen-bond donors (Lipinski definition) is 2. The van der Waals surface area contributed by atoms with Crippen LogP contribution in [-0.2, 0) is 11.3 Å². The number of likely N-dealkylation sites (tertiary alicyclic amines) is 1. The number of rotatable bonds is 4. The first kappa shape index (κ1) is 23.8. The summed E-state index contributed by atoms with van der Waals surface area (Å²) in [7, 11) is 0. The third kappa shape index (κ3) is 4.55. The number of nitrogens with one attached hydrogen (secondary N) is 2. The quantitative estimate of drug-likeness (QED) is 0.399. The molecule has 2 heterocycles. The summed E-state index contributed by atoms with van der Waals surface area (Å²) in [5.74, 6) is -0.942. The van der Waals surface area contributed by atoms with Gasteiger partial charge in [-0.3, -0.25) is 14.9 Å². The second-order valence-corrected chi connectivity index (χ2v) is 8.89. The Morgan fingerprint density at radius 3 is 2.49 bits per heavy atom. The van der Waals surface area contributed by atoms with Crippen LogP contribution in [0.3, 0.4) is 0 Å². The van der Waals surface area contributed by atoms with E-state index in [0.29, 0.717) is 16.8 Å².